The van der Waals surface area contributed by atoms with Gasteiger partial charge in [-0.25, -0.2) is 0 Å². The van der Waals surface area contributed by atoms with Crippen molar-refractivity contribution in [2.45, 2.75) is 27.7 Å². The van der Waals surface area contributed by atoms with Crippen LogP contribution in [0.5, 0.6) is 0 Å². The molecule has 0 amide bonds. The highest BCUT2D eigenvalue weighted by Crippen LogP contribution is 2.19. The maximum absolute atomic E-state index is 3.49. The van der Waals surface area contributed by atoms with Crippen LogP contribution in [0.4, 0.5) is 11.4 Å². The number of rotatable bonds is 6. The molecule has 0 atom stereocenters. The van der Waals surface area contributed by atoms with Gasteiger partial charge in [0.1, 0.15) is 0 Å². The first-order chi connectivity index (χ1) is 10.6. The largest absolute Gasteiger partial charge is 0.381 e. The Labute approximate surface area is 134 Å². The van der Waals surface area contributed by atoms with Crippen molar-refractivity contribution in [3.8, 4) is 0 Å². The molecule has 0 saturated carbocycles. The minimum absolute atomic E-state index is 0.847. The molecular formula is C20H26N2. The van der Waals surface area contributed by atoms with Crippen LogP contribution in [0.15, 0.2) is 48.6 Å². The Bertz CT molecular complexity index is 559. The van der Waals surface area contributed by atoms with Crippen molar-refractivity contribution in [2.24, 2.45) is 0 Å². The lowest BCUT2D eigenvalue weighted by Gasteiger charge is -2.11. The van der Waals surface area contributed by atoms with Crippen LogP contribution in [0, 0.1) is 27.7 Å². The van der Waals surface area contributed by atoms with E-state index >= 15 is 0 Å². The van der Waals surface area contributed by atoms with Gasteiger partial charge in [0.25, 0.3) is 0 Å². The van der Waals surface area contributed by atoms with E-state index in [1.165, 1.54) is 33.6 Å². The molecule has 2 rings (SSSR count). The normalized spacial score (nSPS) is 10.9. The summed E-state index contributed by atoms with van der Waals surface area (Å²) in [7, 11) is 0. The summed E-state index contributed by atoms with van der Waals surface area (Å²) in [6.45, 7) is 10.3. The van der Waals surface area contributed by atoms with Crippen LogP contribution in [0.25, 0.3) is 0 Å². The van der Waals surface area contributed by atoms with E-state index < -0.39 is 0 Å². The SMILES string of the molecule is Cc1cccc(C)c1NCC=CCNc1c(C)cccc1C. The Kier molecular flexibility index (Phi) is 5.65. The lowest BCUT2D eigenvalue weighted by atomic mass is 10.1. The molecule has 2 aromatic rings. The third-order valence-electron chi connectivity index (χ3n) is 3.92. The third kappa shape index (κ3) is 4.14. The molecule has 0 saturated heterocycles. The van der Waals surface area contributed by atoms with Crippen LogP contribution >= 0.6 is 0 Å². The second-order valence-electron chi connectivity index (χ2n) is 5.77. The second kappa shape index (κ2) is 7.69. The molecule has 0 unspecified atom stereocenters. The fraction of sp³-hybridized carbons (Fsp3) is 0.300. The lowest BCUT2D eigenvalue weighted by Crippen LogP contribution is -2.05. The highest BCUT2D eigenvalue weighted by atomic mass is 14.9. The molecule has 0 aromatic heterocycles. The Balaban J connectivity index is 1.82. The van der Waals surface area contributed by atoms with Gasteiger partial charge >= 0.3 is 0 Å². The highest BCUT2D eigenvalue weighted by molar-refractivity contribution is 5.57. The smallest absolute Gasteiger partial charge is 0.0402 e. The zero-order valence-electron chi connectivity index (χ0n) is 14.0. The second-order valence-corrected chi connectivity index (χ2v) is 5.77. The Morgan fingerprint density at radius 1 is 0.636 bits per heavy atom. The molecule has 2 heteroatoms. The van der Waals surface area contributed by atoms with E-state index in [1.54, 1.807) is 0 Å². The maximum Gasteiger partial charge on any atom is 0.0402 e. The average molecular weight is 294 g/mol. The molecule has 2 N–H and O–H groups in total. The molecule has 0 aliphatic heterocycles. The predicted octanol–water partition coefficient (Wildman–Crippen LogP) is 5.00. The van der Waals surface area contributed by atoms with E-state index in [0.29, 0.717) is 0 Å². The first kappa shape index (κ1) is 16.2. The predicted molar refractivity (Wildman–Crippen MR) is 98.0 cm³/mol. The van der Waals surface area contributed by atoms with E-state index in [-0.39, 0.29) is 0 Å². The number of aryl methyl sites for hydroxylation is 4. The minimum atomic E-state index is 0.847. The summed E-state index contributed by atoms with van der Waals surface area (Å²) in [4.78, 5) is 0. The molecule has 2 aromatic carbocycles. The number of para-hydroxylation sites is 2. The number of anilines is 2. The molecule has 0 radical (unpaired) electrons. The van der Waals surface area contributed by atoms with E-state index in [2.05, 4.69) is 86.9 Å². The summed E-state index contributed by atoms with van der Waals surface area (Å²) in [6, 6.07) is 12.8. The van der Waals surface area contributed by atoms with Gasteiger partial charge in [-0.2, -0.15) is 0 Å². The first-order valence-electron chi connectivity index (χ1n) is 7.84. The van der Waals surface area contributed by atoms with E-state index in [0.717, 1.165) is 13.1 Å². The Morgan fingerprint density at radius 3 is 1.27 bits per heavy atom. The van der Waals surface area contributed by atoms with Crippen LogP contribution in [0.1, 0.15) is 22.3 Å². The van der Waals surface area contributed by atoms with Gasteiger partial charge in [0.05, 0.1) is 0 Å². The van der Waals surface area contributed by atoms with Crippen LogP contribution < -0.4 is 10.6 Å². The average Bonchev–Trinajstić information content (AvgIpc) is 2.47. The zero-order valence-corrected chi connectivity index (χ0v) is 14.0. The van der Waals surface area contributed by atoms with Gasteiger partial charge in [-0.05, 0) is 49.9 Å². The number of nitrogens with one attached hydrogen (secondary N) is 2. The number of hydrogen-bond acceptors (Lipinski definition) is 2. The fourth-order valence-corrected chi connectivity index (χ4v) is 2.68. The molecule has 0 bridgehead atoms. The van der Waals surface area contributed by atoms with Crippen molar-refractivity contribution in [3.05, 3.63) is 70.8 Å². The topological polar surface area (TPSA) is 24.1 Å². The molecular weight excluding hydrogens is 268 g/mol. The summed E-state index contributed by atoms with van der Waals surface area (Å²) >= 11 is 0. The Morgan fingerprint density at radius 2 is 0.955 bits per heavy atom. The fourth-order valence-electron chi connectivity index (χ4n) is 2.68. The van der Waals surface area contributed by atoms with Crippen LogP contribution in [0.3, 0.4) is 0 Å². The van der Waals surface area contributed by atoms with Crippen molar-refractivity contribution in [1.29, 1.82) is 0 Å². The summed E-state index contributed by atoms with van der Waals surface area (Å²) in [6.07, 6.45) is 4.35. The van der Waals surface area contributed by atoms with Gasteiger partial charge in [-0.15, -0.1) is 0 Å². The van der Waals surface area contributed by atoms with E-state index in [4.69, 9.17) is 0 Å². The van der Waals surface area contributed by atoms with E-state index in [9.17, 15) is 0 Å². The van der Waals surface area contributed by atoms with Crippen molar-refractivity contribution in [1.82, 2.24) is 0 Å². The Hall–Kier alpha value is -2.22. The number of hydrogen-bond donors (Lipinski definition) is 2. The molecule has 116 valence electrons. The van der Waals surface area contributed by atoms with Crippen LogP contribution in [-0.4, -0.2) is 13.1 Å². The standard InChI is InChI=1S/C20H26N2/c1-15-9-7-10-16(2)19(15)21-13-5-6-14-22-20-17(3)11-8-12-18(20)4/h5-12,21-22H,13-14H2,1-4H3. The summed E-state index contributed by atoms with van der Waals surface area (Å²) in [5, 5.41) is 6.98. The number of benzene rings is 2. The van der Waals surface area contributed by atoms with Gasteiger partial charge in [-0.3, -0.25) is 0 Å². The van der Waals surface area contributed by atoms with Gasteiger partial charge in [-0.1, -0.05) is 48.6 Å². The van der Waals surface area contributed by atoms with Crippen LogP contribution in [0.2, 0.25) is 0 Å². The van der Waals surface area contributed by atoms with Gasteiger partial charge < -0.3 is 10.6 Å². The van der Waals surface area contributed by atoms with Gasteiger partial charge in [0.15, 0.2) is 0 Å². The molecule has 22 heavy (non-hydrogen) atoms. The first-order valence-corrected chi connectivity index (χ1v) is 7.84. The summed E-state index contributed by atoms with van der Waals surface area (Å²) in [5.41, 5.74) is 7.66. The summed E-state index contributed by atoms with van der Waals surface area (Å²) < 4.78 is 0. The van der Waals surface area contributed by atoms with Gasteiger partial charge in [0, 0.05) is 24.5 Å². The monoisotopic (exact) mass is 294 g/mol. The van der Waals surface area contributed by atoms with Crippen molar-refractivity contribution in [2.75, 3.05) is 23.7 Å². The minimum Gasteiger partial charge on any atom is -0.381 e. The third-order valence-corrected chi connectivity index (χ3v) is 3.92. The molecule has 0 aliphatic rings. The van der Waals surface area contributed by atoms with E-state index in [1.807, 2.05) is 0 Å². The van der Waals surface area contributed by atoms with Crippen molar-refractivity contribution >= 4 is 11.4 Å². The van der Waals surface area contributed by atoms with Crippen molar-refractivity contribution < 1.29 is 0 Å². The summed E-state index contributed by atoms with van der Waals surface area (Å²) in [5.74, 6) is 0. The molecule has 0 heterocycles. The van der Waals surface area contributed by atoms with Crippen molar-refractivity contribution in [3.63, 3.8) is 0 Å². The zero-order chi connectivity index (χ0) is 15.9. The molecule has 0 aliphatic carbocycles. The highest BCUT2D eigenvalue weighted by Gasteiger charge is 2.00. The van der Waals surface area contributed by atoms with Gasteiger partial charge in [0.2, 0.25) is 0 Å². The van der Waals surface area contributed by atoms with Crippen LogP contribution in [-0.2, 0) is 0 Å². The molecule has 0 fully saturated rings. The molecule has 2 nitrogen and oxygen atoms in total. The molecule has 0 spiro atoms. The maximum atomic E-state index is 3.49. The quantitative estimate of drug-likeness (QED) is 0.733. The lowest BCUT2D eigenvalue weighted by molar-refractivity contribution is 1.23.